The van der Waals surface area contributed by atoms with E-state index in [2.05, 4.69) is 4.98 Å². The minimum absolute atomic E-state index is 0.213. The Morgan fingerprint density at radius 2 is 1.81 bits per heavy atom. The molecule has 0 aliphatic carbocycles. The zero-order chi connectivity index (χ0) is 22.2. The lowest BCUT2D eigenvalue weighted by Gasteiger charge is -2.08. The number of benzene rings is 2. The fourth-order valence-corrected chi connectivity index (χ4v) is 4.53. The Balaban J connectivity index is 1.49. The molecule has 0 bridgehead atoms. The Hall–Kier alpha value is -4.04. The van der Waals surface area contributed by atoms with Crippen LogP contribution in [0.2, 0.25) is 0 Å². The summed E-state index contributed by atoms with van der Waals surface area (Å²) in [6, 6.07) is 17.2. The number of nitrogens with zero attached hydrogens (tertiary/aromatic N) is 3. The number of thiazole rings is 1. The number of para-hydroxylation sites is 1. The normalized spacial score (nSPS) is 11.2. The largest absolute Gasteiger partial charge is 0.453 e. The van der Waals surface area contributed by atoms with E-state index < -0.39 is 18.1 Å². The maximum Gasteiger partial charge on any atom is 0.345 e. The van der Waals surface area contributed by atoms with Gasteiger partial charge in [-0.05, 0) is 11.6 Å². The zero-order valence-electron chi connectivity index (χ0n) is 17.0. The highest BCUT2D eigenvalue weighted by Gasteiger charge is 2.24. The van der Waals surface area contributed by atoms with Crippen LogP contribution in [0.1, 0.15) is 20.7 Å². The molecule has 7 nitrogen and oxygen atoms in total. The quantitative estimate of drug-likeness (QED) is 0.303. The van der Waals surface area contributed by atoms with Gasteiger partial charge in [0.2, 0.25) is 5.78 Å². The van der Waals surface area contributed by atoms with Gasteiger partial charge in [0.1, 0.15) is 5.56 Å². The van der Waals surface area contributed by atoms with Gasteiger partial charge < -0.3 is 9.30 Å². The molecule has 5 rings (SSSR count). The van der Waals surface area contributed by atoms with Crippen LogP contribution in [0.25, 0.3) is 27.1 Å². The number of hydrogen-bond donors (Lipinski definition) is 0. The summed E-state index contributed by atoms with van der Waals surface area (Å²) in [5, 5.41) is 2.48. The predicted octanol–water partition coefficient (Wildman–Crippen LogP) is 3.95. The van der Waals surface area contributed by atoms with Crippen molar-refractivity contribution in [2.24, 2.45) is 7.05 Å². The Morgan fingerprint density at radius 1 is 1.06 bits per heavy atom. The Kier molecular flexibility index (Phi) is 4.91. The summed E-state index contributed by atoms with van der Waals surface area (Å²) in [6.45, 7) is -0.488. The molecule has 0 aliphatic heterocycles. The zero-order valence-corrected chi connectivity index (χ0v) is 17.8. The van der Waals surface area contributed by atoms with Gasteiger partial charge in [0, 0.05) is 29.5 Å². The molecule has 0 radical (unpaired) electrons. The first-order chi connectivity index (χ1) is 15.6. The van der Waals surface area contributed by atoms with E-state index in [1.54, 1.807) is 11.6 Å². The van der Waals surface area contributed by atoms with E-state index in [1.807, 2.05) is 66.2 Å². The Bertz CT molecular complexity index is 1550. The highest BCUT2D eigenvalue weighted by molar-refractivity contribution is 7.15. The van der Waals surface area contributed by atoms with Gasteiger partial charge in [0.05, 0.1) is 17.5 Å². The topological polar surface area (TPSA) is 82.7 Å². The molecule has 0 aliphatic rings. The van der Waals surface area contributed by atoms with Crippen molar-refractivity contribution in [3.05, 3.63) is 93.9 Å². The van der Waals surface area contributed by atoms with Crippen molar-refractivity contribution < 1.29 is 14.3 Å². The molecule has 158 valence electrons. The summed E-state index contributed by atoms with van der Waals surface area (Å²) >= 11 is 1.28. The van der Waals surface area contributed by atoms with Crippen molar-refractivity contribution in [1.29, 1.82) is 0 Å². The standard InChI is InChI=1S/C24H17N3O4S/c1-26-18-10-6-5-9-16(18)20(21(26)15-7-3-2-4-8-15)19(28)14-31-23(30)17-13-25-24-27(22(17)29)11-12-32-24/h2-13H,14H2,1H3. The van der Waals surface area contributed by atoms with Crippen LogP contribution in [0.15, 0.2) is 77.2 Å². The first-order valence-corrected chi connectivity index (χ1v) is 10.7. The number of aryl methyl sites for hydroxylation is 1. The van der Waals surface area contributed by atoms with Gasteiger partial charge in [0.15, 0.2) is 11.6 Å². The van der Waals surface area contributed by atoms with Gasteiger partial charge in [0.25, 0.3) is 5.56 Å². The average Bonchev–Trinajstić information content (AvgIpc) is 3.42. The molecule has 0 N–H and O–H groups in total. The summed E-state index contributed by atoms with van der Waals surface area (Å²) in [4.78, 5) is 42.9. The van der Waals surface area contributed by atoms with Crippen LogP contribution in [0.3, 0.4) is 0 Å². The highest BCUT2D eigenvalue weighted by atomic mass is 32.1. The molecule has 32 heavy (non-hydrogen) atoms. The summed E-state index contributed by atoms with van der Waals surface area (Å²) in [7, 11) is 1.90. The van der Waals surface area contributed by atoms with Crippen molar-refractivity contribution >= 4 is 39.0 Å². The lowest BCUT2D eigenvalue weighted by atomic mass is 10.0. The predicted molar refractivity (Wildman–Crippen MR) is 122 cm³/mol. The van der Waals surface area contributed by atoms with Crippen molar-refractivity contribution in [3.63, 3.8) is 0 Å². The fourth-order valence-electron chi connectivity index (χ4n) is 3.86. The van der Waals surface area contributed by atoms with Gasteiger partial charge in [-0.1, -0.05) is 48.5 Å². The van der Waals surface area contributed by atoms with Crippen LogP contribution in [0.4, 0.5) is 0 Å². The third-order valence-corrected chi connectivity index (χ3v) is 6.10. The molecule has 0 saturated heterocycles. The number of esters is 1. The lowest BCUT2D eigenvalue weighted by Crippen LogP contribution is -2.24. The number of carbonyl (C=O) groups excluding carboxylic acids is 2. The van der Waals surface area contributed by atoms with Crippen LogP contribution in [-0.4, -0.2) is 32.3 Å². The number of ketones is 1. The van der Waals surface area contributed by atoms with Crippen LogP contribution in [0.5, 0.6) is 0 Å². The molecule has 3 heterocycles. The fraction of sp³-hybridized carbons (Fsp3) is 0.0833. The third-order valence-electron chi connectivity index (χ3n) is 5.33. The Labute approximate surface area is 186 Å². The van der Waals surface area contributed by atoms with E-state index in [-0.39, 0.29) is 11.3 Å². The molecule has 0 saturated carbocycles. The van der Waals surface area contributed by atoms with Crippen LogP contribution in [0, 0.1) is 0 Å². The molecule has 0 unspecified atom stereocenters. The van der Waals surface area contributed by atoms with E-state index in [1.165, 1.54) is 21.9 Å². The van der Waals surface area contributed by atoms with Crippen molar-refractivity contribution in [3.8, 4) is 11.3 Å². The number of hydrogen-bond acceptors (Lipinski definition) is 6. The van der Waals surface area contributed by atoms with Gasteiger partial charge >= 0.3 is 5.97 Å². The second-order valence-corrected chi connectivity index (χ2v) is 8.07. The molecular formula is C24H17N3O4S. The van der Waals surface area contributed by atoms with E-state index in [0.29, 0.717) is 10.5 Å². The monoisotopic (exact) mass is 443 g/mol. The van der Waals surface area contributed by atoms with Gasteiger partial charge in [-0.25, -0.2) is 9.78 Å². The molecule has 8 heteroatoms. The Morgan fingerprint density at radius 3 is 2.62 bits per heavy atom. The maximum absolute atomic E-state index is 13.3. The summed E-state index contributed by atoms with van der Waals surface area (Å²) in [5.41, 5.74) is 2.26. The van der Waals surface area contributed by atoms with E-state index in [4.69, 9.17) is 4.74 Å². The minimum atomic E-state index is -0.877. The summed E-state index contributed by atoms with van der Waals surface area (Å²) in [6.07, 6.45) is 2.73. The van der Waals surface area contributed by atoms with Gasteiger partial charge in [-0.15, -0.1) is 11.3 Å². The second kappa shape index (κ2) is 7.90. The minimum Gasteiger partial charge on any atom is -0.453 e. The second-order valence-electron chi connectivity index (χ2n) is 7.20. The van der Waals surface area contributed by atoms with Crippen LogP contribution >= 0.6 is 11.3 Å². The van der Waals surface area contributed by atoms with Crippen molar-refractivity contribution in [1.82, 2.24) is 14.0 Å². The number of ether oxygens (including phenoxy) is 1. The SMILES string of the molecule is Cn1c(-c2ccccc2)c(C(=O)COC(=O)c2cnc3sccn3c2=O)c2ccccc21. The molecule has 0 amide bonds. The third kappa shape index (κ3) is 3.21. The number of fused-ring (bicyclic) bond motifs is 2. The smallest absolute Gasteiger partial charge is 0.345 e. The molecule has 3 aromatic heterocycles. The van der Waals surface area contributed by atoms with E-state index in [0.717, 1.165) is 22.2 Å². The summed E-state index contributed by atoms with van der Waals surface area (Å²) < 4.78 is 8.49. The summed E-state index contributed by atoms with van der Waals surface area (Å²) in [5.74, 6) is -1.23. The molecule has 0 atom stereocenters. The molecule has 0 spiro atoms. The number of carbonyl (C=O) groups is 2. The number of Topliss-reactive ketones (excluding diaryl/α,β-unsaturated/α-hetero) is 1. The molecule has 2 aromatic carbocycles. The molecule has 0 fully saturated rings. The van der Waals surface area contributed by atoms with E-state index >= 15 is 0 Å². The van der Waals surface area contributed by atoms with Crippen LogP contribution < -0.4 is 5.56 Å². The average molecular weight is 443 g/mol. The van der Waals surface area contributed by atoms with Crippen molar-refractivity contribution in [2.75, 3.05) is 6.61 Å². The van der Waals surface area contributed by atoms with Crippen LogP contribution in [-0.2, 0) is 11.8 Å². The number of rotatable bonds is 5. The van der Waals surface area contributed by atoms with E-state index in [9.17, 15) is 14.4 Å². The number of aromatic nitrogens is 3. The molecular weight excluding hydrogens is 426 g/mol. The lowest BCUT2D eigenvalue weighted by molar-refractivity contribution is 0.0473. The van der Waals surface area contributed by atoms with Crippen molar-refractivity contribution in [2.45, 2.75) is 0 Å². The molecule has 5 aromatic rings. The first-order valence-electron chi connectivity index (χ1n) is 9.84. The van der Waals surface area contributed by atoms with Gasteiger partial charge in [-0.2, -0.15) is 0 Å². The van der Waals surface area contributed by atoms with Gasteiger partial charge in [-0.3, -0.25) is 14.0 Å². The first kappa shape index (κ1) is 19.9. The highest BCUT2D eigenvalue weighted by Crippen LogP contribution is 2.33. The maximum atomic E-state index is 13.3.